The molecule has 1 fully saturated rings. The molecule has 2 rings (SSSR count). The van der Waals surface area contributed by atoms with Crippen LogP contribution in [-0.2, 0) is 14.8 Å². The predicted octanol–water partition coefficient (Wildman–Crippen LogP) is 2.46. The Morgan fingerprint density at radius 2 is 2.26 bits per heavy atom. The number of hydrogen-bond acceptors (Lipinski definition) is 4. The molecule has 108 valence electrons. The van der Waals surface area contributed by atoms with Crippen molar-refractivity contribution in [3.8, 4) is 0 Å². The van der Waals surface area contributed by atoms with Gasteiger partial charge in [0.2, 0.25) is 10.0 Å². The van der Waals surface area contributed by atoms with E-state index >= 15 is 0 Å². The number of sulfonamides is 1. The molecule has 0 unspecified atom stereocenters. The fourth-order valence-electron chi connectivity index (χ4n) is 2.38. The largest absolute Gasteiger partial charge is 0.381 e. The Balaban J connectivity index is 1.89. The topological polar surface area (TPSA) is 55.4 Å². The van der Waals surface area contributed by atoms with E-state index in [1.807, 2.05) is 13.8 Å². The summed E-state index contributed by atoms with van der Waals surface area (Å²) < 4.78 is 32.4. The van der Waals surface area contributed by atoms with Crippen LogP contribution in [0.5, 0.6) is 0 Å². The van der Waals surface area contributed by atoms with Crippen molar-refractivity contribution in [2.45, 2.75) is 38.0 Å². The smallest absolute Gasteiger partial charge is 0.241 e. The molecule has 6 heteroatoms. The van der Waals surface area contributed by atoms with E-state index < -0.39 is 10.0 Å². The highest BCUT2D eigenvalue weighted by molar-refractivity contribution is 7.89. The van der Waals surface area contributed by atoms with Crippen LogP contribution in [-0.4, -0.2) is 28.2 Å². The normalized spacial score (nSPS) is 20.6. The fraction of sp³-hybridized carbons (Fsp3) is 0.692. The molecule has 4 nitrogen and oxygen atoms in total. The van der Waals surface area contributed by atoms with E-state index in [0.717, 1.165) is 42.2 Å². The van der Waals surface area contributed by atoms with Crippen LogP contribution in [0.4, 0.5) is 0 Å². The summed E-state index contributed by atoms with van der Waals surface area (Å²) in [5, 5.41) is 0. The van der Waals surface area contributed by atoms with Crippen LogP contribution in [0.25, 0.3) is 0 Å². The van der Waals surface area contributed by atoms with Crippen molar-refractivity contribution in [3.63, 3.8) is 0 Å². The fourth-order valence-corrected chi connectivity index (χ4v) is 4.98. The summed E-state index contributed by atoms with van der Waals surface area (Å²) in [5.41, 5.74) is 0. The Morgan fingerprint density at radius 3 is 2.84 bits per heavy atom. The molecule has 0 saturated carbocycles. The van der Waals surface area contributed by atoms with Crippen LogP contribution in [0.2, 0.25) is 0 Å². The number of nitrogens with one attached hydrogen (secondary N) is 1. The van der Waals surface area contributed by atoms with Gasteiger partial charge in [0.05, 0.1) is 4.90 Å². The van der Waals surface area contributed by atoms with E-state index in [4.69, 9.17) is 4.74 Å². The second kappa shape index (κ2) is 6.35. The number of aryl methyl sites for hydroxylation is 2. The van der Waals surface area contributed by atoms with Gasteiger partial charge < -0.3 is 4.74 Å². The van der Waals surface area contributed by atoms with Crippen LogP contribution < -0.4 is 4.72 Å². The summed E-state index contributed by atoms with van der Waals surface area (Å²) in [7, 11) is -3.35. The minimum atomic E-state index is -3.35. The van der Waals surface area contributed by atoms with Crippen LogP contribution >= 0.6 is 11.3 Å². The summed E-state index contributed by atoms with van der Waals surface area (Å²) in [6.07, 6.45) is 3.07. The van der Waals surface area contributed by atoms with E-state index in [2.05, 4.69) is 4.72 Å². The van der Waals surface area contributed by atoms with E-state index in [0.29, 0.717) is 17.4 Å². The zero-order valence-electron chi connectivity index (χ0n) is 11.4. The molecule has 1 N–H and O–H groups in total. The zero-order chi connectivity index (χ0) is 13.9. The number of hydrogen-bond donors (Lipinski definition) is 1. The van der Waals surface area contributed by atoms with E-state index in [9.17, 15) is 8.42 Å². The Bertz CT molecular complexity index is 516. The maximum Gasteiger partial charge on any atom is 0.241 e. The van der Waals surface area contributed by atoms with E-state index in [-0.39, 0.29) is 0 Å². The lowest BCUT2D eigenvalue weighted by Gasteiger charge is -2.21. The Hall–Kier alpha value is -0.430. The third kappa shape index (κ3) is 4.02. The maximum atomic E-state index is 12.2. The van der Waals surface area contributed by atoms with Crippen molar-refractivity contribution in [1.82, 2.24) is 4.72 Å². The first-order chi connectivity index (χ1) is 8.99. The monoisotopic (exact) mass is 303 g/mol. The van der Waals surface area contributed by atoms with E-state index in [1.54, 1.807) is 6.07 Å². The van der Waals surface area contributed by atoms with Gasteiger partial charge in [-0.2, -0.15) is 0 Å². The summed E-state index contributed by atoms with van der Waals surface area (Å²) in [6, 6.07) is 1.74. The minimum Gasteiger partial charge on any atom is -0.381 e. The first kappa shape index (κ1) is 15.0. The molecule has 1 atom stereocenters. The molecule has 0 aromatic carbocycles. The van der Waals surface area contributed by atoms with Gasteiger partial charge in [0.25, 0.3) is 0 Å². The van der Waals surface area contributed by atoms with Crippen LogP contribution in [0, 0.1) is 19.8 Å². The van der Waals surface area contributed by atoms with Gasteiger partial charge in [-0.1, -0.05) is 0 Å². The highest BCUT2D eigenvalue weighted by Crippen LogP contribution is 2.25. The highest BCUT2D eigenvalue weighted by Gasteiger charge is 2.20. The Morgan fingerprint density at radius 1 is 1.47 bits per heavy atom. The SMILES string of the molecule is Cc1cc(S(=O)(=O)NCC[C@@H]2CCCOC2)c(C)s1. The molecule has 0 bridgehead atoms. The standard InChI is InChI=1S/C13H21NO3S2/c1-10-8-13(11(2)18-10)19(15,16)14-6-5-12-4-3-7-17-9-12/h8,12,14H,3-7,9H2,1-2H3/t12-/m0/s1. The van der Waals surface area contributed by atoms with Crippen molar-refractivity contribution in [2.75, 3.05) is 19.8 Å². The van der Waals surface area contributed by atoms with Crippen molar-refractivity contribution in [1.29, 1.82) is 0 Å². The number of ether oxygens (including phenoxy) is 1. The van der Waals surface area contributed by atoms with Crippen molar-refractivity contribution in [3.05, 3.63) is 15.8 Å². The minimum absolute atomic E-state index is 0.426. The maximum absolute atomic E-state index is 12.2. The van der Waals surface area contributed by atoms with Crippen molar-refractivity contribution in [2.24, 2.45) is 5.92 Å². The quantitative estimate of drug-likeness (QED) is 0.909. The highest BCUT2D eigenvalue weighted by atomic mass is 32.2. The summed E-state index contributed by atoms with van der Waals surface area (Å²) >= 11 is 1.52. The molecule has 1 aromatic rings. The average Bonchev–Trinajstić information content (AvgIpc) is 2.70. The van der Waals surface area contributed by atoms with Crippen molar-refractivity contribution < 1.29 is 13.2 Å². The van der Waals surface area contributed by atoms with Crippen LogP contribution in [0.3, 0.4) is 0 Å². The molecule has 0 radical (unpaired) electrons. The average molecular weight is 303 g/mol. The summed E-state index contributed by atoms with van der Waals surface area (Å²) in [6.45, 7) is 5.87. The third-order valence-corrected chi connectivity index (χ3v) is 6.07. The third-order valence-electron chi connectivity index (χ3n) is 3.38. The van der Waals surface area contributed by atoms with Gasteiger partial charge in [0.15, 0.2) is 0 Å². The molecule has 1 aliphatic heterocycles. The van der Waals surface area contributed by atoms with E-state index in [1.165, 1.54) is 11.3 Å². The zero-order valence-corrected chi connectivity index (χ0v) is 13.1. The molecule has 0 spiro atoms. The van der Waals surface area contributed by atoms with Gasteiger partial charge in [-0.15, -0.1) is 11.3 Å². The molecule has 0 amide bonds. The molecule has 0 aliphatic carbocycles. The Kier molecular flexibility index (Phi) is 5.00. The van der Waals surface area contributed by atoms with Crippen LogP contribution in [0.1, 0.15) is 29.0 Å². The van der Waals surface area contributed by atoms with Gasteiger partial charge in [-0.3, -0.25) is 0 Å². The van der Waals surface area contributed by atoms with Crippen molar-refractivity contribution >= 4 is 21.4 Å². The molecule has 19 heavy (non-hydrogen) atoms. The summed E-state index contributed by atoms with van der Waals surface area (Å²) in [4.78, 5) is 2.31. The Labute approximate surface area is 119 Å². The second-order valence-corrected chi connectivity index (χ2v) is 8.24. The summed E-state index contributed by atoms with van der Waals surface area (Å²) in [5.74, 6) is 0.488. The second-order valence-electron chi connectivity index (χ2n) is 5.05. The van der Waals surface area contributed by atoms with Gasteiger partial charge in [0, 0.05) is 29.5 Å². The molecular formula is C13H21NO3S2. The lowest BCUT2D eigenvalue weighted by Crippen LogP contribution is -2.28. The molecule has 1 aromatic heterocycles. The first-order valence-electron chi connectivity index (χ1n) is 6.63. The van der Waals surface area contributed by atoms with Gasteiger partial charge in [-0.25, -0.2) is 13.1 Å². The van der Waals surface area contributed by atoms with Gasteiger partial charge in [-0.05, 0) is 45.1 Å². The number of thiophene rings is 1. The first-order valence-corrected chi connectivity index (χ1v) is 8.93. The molecular weight excluding hydrogens is 282 g/mol. The van der Waals surface area contributed by atoms with Gasteiger partial charge in [0.1, 0.15) is 0 Å². The predicted molar refractivity (Wildman–Crippen MR) is 77.1 cm³/mol. The lowest BCUT2D eigenvalue weighted by atomic mass is 9.99. The van der Waals surface area contributed by atoms with Gasteiger partial charge >= 0.3 is 0 Å². The molecule has 1 aliphatic rings. The molecule has 1 saturated heterocycles. The van der Waals surface area contributed by atoms with Crippen LogP contribution in [0.15, 0.2) is 11.0 Å². The lowest BCUT2D eigenvalue weighted by molar-refractivity contribution is 0.0523. The molecule has 2 heterocycles. The number of rotatable bonds is 5.